The number of imidazole rings is 1. The van der Waals surface area contributed by atoms with Gasteiger partial charge in [-0.2, -0.15) is 4.37 Å². The number of benzene rings is 1. The highest BCUT2D eigenvalue weighted by Gasteiger charge is 2.38. The van der Waals surface area contributed by atoms with Crippen LogP contribution in [0.1, 0.15) is 34.8 Å². The Hall–Kier alpha value is -3.60. The van der Waals surface area contributed by atoms with E-state index >= 15 is 0 Å². The van der Waals surface area contributed by atoms with Gasteiger partial charge in [-0.25, -0.2) is 14.4 Å². The predicted octanol–water partition coefficient (Wildman–Crippen LogP) is 2.94. The van der Waals surface area contributed by atoms with Gasteiger partial charge in [-0.3, -0.25) is 14.5 Å². The van der Waals surface area contributed by atoms with Gasteiger partial charge < -0.3 is 14.2 Å². The van der Waals surface area contributed by atoms with E-state index in [9.17, 15) is 14.0 Å². The van der Waals surface area contributed by atoms with Crippen LogP contribution < -0.4 is 4.90 Å². The molecule has 9 nitrogen and oxygen atoms in total. The summed E-state index contributed by atoms with van der Waals surface area (Å²) < 4.78 is 24.9. The van der Waals surface area contributed by atoms with E-state index in [0.717, 1.165) is 5.69 Å². The normalized spacial score (nSPS) is 17.9. The molecule has 0 radical (unpaired) electrons. The van der Waals surface area contributed by atoms with Gasteiger partial charge in [-0.1, -0.05) is 0 Å². The molecule has 0 bridgehead atoms. The van der Waals surface area contributed by atoms with Gasteiger partial charge in [-0.05, 0) is 49.6 Å². The van der Waals surface area contributed by atoms with E-state index in [1.54, 1.807) is 9.80 Å². The van der Waals surface area contributed by atoms with Gasteiger partial charge in [0.15, 0.2) is 16.6 Å². The zero-order chi connectivity index (χ0) is 23.3. The van der Waals surface area contributed by atoms with Crippen molar-refractivity contribution in [2.75, 3.05) is 25.1 Å². The number of carbonyl (C=O) groups is 2. The zero-order valence-electron chi connectivity index (χ0n) is 18.3. The fourth-order valence-corrected chi connectivity index (χ4v) is 4.89. The van der Waals surface area contributed by atoms with Gasteiger partial charge in [0.1, 0.15) is 17.4 Å². The topological polar surface area (TPSA) is 93.5 Å². The number of ether oxygens (including phenoxy) is 1. The van der Waals surface area contributed by atoms with Crippen molar-refractivity contribution in [1.29, 1.82) is 0 Å². The van der Waals surface area contributed by atoms with Gasteiger partial charge in [-0.15, -0.1) is 0 Å². The van der Waals surface area contributed by atoms with Gasteiger partial charge in [0.2, 0.25) is 0 Å². The van der Waals surface area contributed by atoms with Gasteiger partial charge in [0.05, 0.1) is 25.4 Å². The van der Waals surface area contributed by atoms with Crippen LogP contribution in [-0.4, -0.2) is 55.8 Å². The number of amides is 2. The van der Waals surface area contributed by atoms with Crippen molar-refractivity contribution in [2.45, 2.75) is 26.4 Å². The molecular formula is C22H21FN6O3S. The van der Waals surface area contributed by atoms with Gasteiger partial charge in [0, 0.05) is 24.7 Å². The monoisotopic (exact) mass is 468 g/mol. The van der Waals surface area contributed by atoms with E-state index in [4.69, 9.17) is 9.72 Å². The van der Waals surface area contributed by atoms with Gasteiger partial charge >= 0.3 is 0 Å². The smallest absolute Gasteiger partial charge is 0.256 e. The highest BCUT2D eigenvalue weighted by Crippen LogP contribution is 2.39. The average molecular weight is 469 g/mol. The number of fused-ring (bicyclic) bond motifs is 1. The molecule has 0 unspecified atom stereocenters. The summed E-state index contributed by atoms with van der Waals surface area (Å²) in [5.74, 6) is 1.42. The fraction of sp³-hybridized carbons (Fsp3) is 0.318. The summed E-state index contributed by atoms with van der Waals surface area (Å²) in [6.07, 6.45) is 1.44. The average Bonchev–Trinajstić information content (AvgIpc) is 3.50. The quantitative estimate of drug-likeness (QED) is 0.585. The molecule has 2 amide bonds. The second-order valence-corrected chi connectivity index (χ2v) is 8.62. The molecule has 2 aliphatic heterocycles. The van der Waals surface area contributed by atoms with Crippen molar-refractivity contribution in [2.24, 2.45) is 0 Å². The summed E-state index contributed by atoms with van der Waals surface area (Å²) in [4.78, 5) is 38.5. The first-order chi connectivity index (χ1) is 15.9. The molecule has 0 aliphatic carbocycles. The number of aromatic nitrogens is 4. The molecule has 11 heteroatoms. The van der Waals surface area contributed by atoms with Crippen LogP contribution in [0.15, 0.2) is 36.1 Å². The number of nitrogens with zero attached hydrogens (tertiary/aromatic N) is 6. The summed E-state index contributed by atoms with van der Waals surface area (Å²) in [5, 5.41) is 0.650. The maximum Gasteiger partial charge on any atom is 0.256 e. The summed E-state index contributed by atoms with van der Waals surface area (Å²) in [6.45, 7) is 4.87. The summed E-state index contributed by atoms with van der Waals surface area (Å²) in [6, 6.07) is 5.11. The highest BCUT2D eigenvalue weighted by atomic mass is 32.1. The standard InChI is InChI=1S/C22H21FN6O3S/c1-12-18-19(29-11-16(32-3)10-17(29)30)25-20(21-24-13(2)26-33-21)28(18)9-8-27(12)22(31)14-4-6-15(23)7-5-14/h4-7,10,12H,8-9,11H2,1-3H3/t12-/m1/s1. The first-order valence-electron chi connectivity index (χ1n) is 10.4. The van der Waals surface area contributed by atoms with E-state index < -0.39 is 5.82 Å². The number of halogens is 1. The Kier molecular flexibility index (Phi) is 5.20. The highest BCUT2D eigenvalue weighted by molar-refractivity contribution is 7.09. The first-order valence-corrected chi connectivity index (χ1v) is 11.2. The zero-order valence-corrected chi connectivity index (χ0v) is 19.1. The van der Waals surface area contributed by atoms with Crippen LogP contribution in [-0.2, 0) is 16.1 Å². The number of hydrogen-bond donors (Lipinski definition) is 0. The Morgan fingerprint density at radius 3 is 2.61 bits per heavy atom. The minimum Gasteiger partial charge on any atom is -0.499 e. The Bertz CT molecular complexity index is 1280. The summed E-state index contributed by atoms with van der Waals surface area (Å²) in [7, 11) is 1.52. The lowest BCUT2D eigenvalue weighted by atomic mass is 10.1. The lowest BCUT2D eigenvalue weighted by molar-refractivity contribution is -0.113. The number of aryl methyl sites for hydroxylation is 1. The van der Waals surface area contributed by atoms with Crippen LogP contribution in [0.2, 0.25) is 0 Å². The second kappa shape index (κ2) is 8.07. The number of rotatable bonds is 4. The van der Waals surface area contributed by atoms with E-state index in [1.807, 2.05) is 18.4 Å². The predicted molar refractivity (Wildman–Crippen MR) is 119 cm³/mol. The molecule has 4 heterocycles. The van der Waals surface area contributed by atoms with Crippen LogP contribution in [0.4, 0.5) is 10.2 Å². The van der Waals surface area contributed by atoms with Crippen LogP contribution >= 0.6 is 11.5 Å². The van der Waals surface area contributed by atoms with Crippen LogP contribution in [0.3, 0.4) is 0 Å². The maximum atomic E-state index is 13.4. The number of hydrogen-bond acceptors (Lipinski definition) is 7. The maximum absolute atomic E-state index is 13.4. The largest absolute Gasteiger partial charge is 0.499 e. The molecule has 2 aromatic heterocycles. The third-order valence-electron chi connectivity index (χ3n) is 5.87. The van der Waals surface area contributed by atoms with Crippen molar-refractivity contribution in [1.82, 2.24) is 23.8 Å². The molecule has 0 fully saturated rings. The molecule has 3 aromatic rings. The minimum atomic E-state index is -0.399. The number of anilines is 1. The Balaban J connectivity index is 1.58. The Labute approximate surface area is 193 Å². The fourth-order valence-electron chi connectivity index (χ4n) is 4.22. The van der Waals surface area contributed by atoms with Crippen molar-refractivity contribution >= 4 is 29.2 Å². The Morgan fingerprint density at radius 2 is 1.97 bits per heavy atom. The van der Waals surface area contributed by atoms with Crippen molar-refractivity contribution in [3.63, 3.8) is 0 Å². The van der Waals surface area contributed by atoms with Gasteiger partial charge in [0.25, 0.3) is 11.8 Å². The molecule has 5 rings (SSSR count). The van der Waals surface area contributed by atoms with Crippen LogP contribution in [0.5, 0.6) is 0 Å². The molecule has 0 saturated carbocycles. The molecule has 33 heavy (non-hydrogen) atoms. The molecule has 170 valence electrons. The minimum absolute atomic E-state index is 0.210. The van der Waals surface area contributed by atoms with Crippen molar-refractivity contribution < 1.29 is 18.7 Å². The van der Waals surface area contributed by atoms with Crippen molar-refractivity contribution in [3.8, 4) is 10.8 Å². The SMILES string of the molecule is COC1=CC(=O)N(c2nc(-c3nc(C)ns3)n3c2[C@@H](C)N(C(=O)c2ccc(F)cc2)CC3)C1. The summed E-state index contributed by atoms with van der Waals surface area (Å²) >= 11 is 1.24. The third-order valence-corrected chi connectivity index (χ3v) is 6.67. The van der Waals surface area contributed by atoms with E-state index in [1.165, 1.54) is 49.0 Å². The molecule has 1 atom stereocenters. The second-order valence-electron chi connectivity index (χ2n) is 7.86. The lowest BCUT2D eigenvalue weighted by Crippen LogP contribution is -2.42. The number of methoxy groups -OCH3 is 1. The molecule has 1 aromatic carbocycles. The number of carbonyl (C=O) groups excluding carboxylic acids is 2. The molecular weight excluding hydrogens is 447 g/mol. The molecule has 0 N–H and O–H groups in total. The summed E-state index contributed by atoms with van der Waals surface area (Å²) in [5.41, 5.74) is 1.14. The lowest BCUT2D eigenvalue weighted by Gasteiger charge is -2.36. The van der Waals surface area contributed by atoms with E-state index in [2.05, 4.69) is 9.36 Å². The Morgan fingerprint density at radius 1 is 1.21 bits per heavy atom. The molecule has 0 spiro atoms. The molecule has 2 aliphatic rings. The molecule has 0 saturated heterocycles. The van der Waals surface area contributed by atoms with Crippen molar-refractivity contribution in [3.05, 3.63) is 59.0 Å². The third kappa shape index (κ3) is 3.58. The van der Waals surface area contributed by atoms with Crippen LogP contribution in [0, 0.1) is 12.7 Å². The van der Waals surface area contributed by atoms with E-state index in [0.29, 0.717) is 46.9 Å². The first kappa shape index (κ1) is 21.3. The van der Waals surface area contributed by atoms with Crippen LogP contribution in [0.25, 0.3) is 10.8 Å². The van der Waals surface area contributed by atoms with E-state index in [-0.39, 0.29) is 24.4 Å².